The van der Waals surface area contributed by atoms with Crippen LogP contribution >= 0.6 is 11.3 Å². The summed E-state index contributed by atoms with van der Waals surface area (Å²) in [6, 6.07) is 12.6. The summed E-state index contributed by atoms with van der Waals surface area (Å²) >= 11 is 1.17. The van der Waals surface area contributed by atoms with Crippen LogP contribution in [-0.2, 0) is 39.1 Å². The molecule has 0 saturated heterocycles. The molecule has 17 heteroatoms. The second-order valence-electron chi connectivity index (χ2n) is 12.9. The molecule has 0 saturated carbocycles. The number of hydrogen-bond acceptors (Lipinski definition) is 11. The van der Waals surface area contributed by atoms with E-state index in [1.165, 1.54) is 51.9 Å². The zero-order valence-corrected chi connectivity index (χ0v) is 31.9. The van der Waals surface area contributed by atoms with Crippen LogP contribution in [-0.4, -0.2) is 91.2 Å². The number of sulfonamides is 1. The molecular formula is C35H49N7O8S2. The molecule has 52 heavy (non-hydrogen) atoms. The molecule has 1 heterocycles. The van der Waals surface area contributed by atoms with Gasteiger partial charge in [-0.1, -0.05) is 81.8 Å². The number of nitrogens with one attached hydrogen (secondary N) is 3. The van der Waals surface area contributed by atoms with Crippen molar-refractivity contribution < 1.29 is 32.6 Å². The molecule has 4 N–H and O–H groups in total. The van der Waals surface area contributed by atoms with Gasteiger partial charge in [-0.05, 0) is 41.5 Å². The van der Waals surface area contributed by atoms with Gasteiger partial charge in [0.2, 0.25) is 15.9 Å². The van der Waals surface area contributed by atoms with Crippen molar-refractivity contribution in [3.63, 3.8) is 0 Å². The van der Waals surface area contributed by atoms with Gasteiger partial charge in [0.1, 0.15) is 12.6 Å². The number of hydrogen-bond donors (Lipinski definition) is 4. The van der Waals surface area contributed by atoms with E-state index in [1.807, 2.05) is 58.0 Å². The van der Waals surface area contributed by atoms with Crippen LogP contribution in [0.3, 0.4) is 0 Å². The van der Waals surface area contributed by atoms with Gasteiger partial charge in [-0.15, -0.1) is 11.3 Å². The average Bonchev–Trinajstić information content (AvgIpc) is 3.56. The average molecular weight is 760 g/mol. The number of carbonyl (C=O) groups excluding carboxylic acids is 3. The minimum atomic E-state index is -4.09. The Balaban J connectivity index is 1.83. The molecule has 3 rings (SSSR count). The molecule has 15 nitrogen and oxygen atoms in total. The molecule has 0 bridgehead atoms. The molecular weight excluding hydrogens is 711 g/mol. The summed E-state index contributed by atoms with van der Waals surface area (Å²) in [6.07, 6.45) is -1.28. The van der Waals surface area contributed by atoms with E-state index < -0.39 is 46.2 Å². The maximum Gasteiger partial charge on any atom is 0.413 e. The molecule has 0 aliphatic rings. The molecule has 1 aromatic heterocycles. The van der Waals surface area contributed by atoms with Crippen molar-refractivity contribution in [2.75, 3.05) is 32.6 Å². The molecule has 0 aliphatic heterocycles. The van der Waals surface area contributed by atoms with Crippen molar-refractivity contribution in [2.24, 2.45) is 17.0 Å². The number of urea groups is 1. The number of ether oxygens (including phenoxy) is 1. The van der Waals surface area contributed by atoms with Crippen molar-refractivity contribution >= 4 is 44.5 Å². The fraction of sp³-hybridized carbons (Fsp3) is 0.486. The van der Waals surface area contributed by atoms with E-state index in [0.29, 0.717) is 22.8 Å². The van der Waals surface area contributed by atoms with Gasteiger partial charge >= 0.3 is 12.1 Å². The number of benzene rings is 2. The van der Waals surface area contributed by atoms with Gasteiger partial charge in [-0.3, -0.25) is 10.1 Å². The molecule has 284 valence electrons. The second-order valence-corrected chi connectivity index (χ2v) is 15.7. The van der Waals surface area contributed by atoms with E-state index in [-0.39, 0.29) is 49.3 Å². The van der Waals surface area contributed by atoms with E-state index in [4.69, 9.17) is 0 Å². The van der Waals surface area contributed by atoms with Crippen LogP contribution < -0.4 is 16.0 Å². The number of nitrogens with zero attached hydrogens (tertiary/aromatic N) is 4. The van der Waals surface area contributed by atoms with E-state index in [9.17, 15) is 32.8 Å². The van der Waals surface area contributed by atoms with Crippen LogP contribution in [0.1, 0.15) is 50.9 Å². The van der Waals surface area contributed by atoms with Crippen LogP contribution in [0.25, 0.3) is 0 Å². The topological polar surface area (TPSA) is 200 Å². The Morgan fingerprint density at radius 3 is 2.27 bits per heavy atom. The molecule has 4 amide bonds. The first kappa shape index (κ1) is 42.0. The highest BCUT2D eigenvalue weighted by Crippen LogP contribution is 2.21. The van der Waals surface area contributed by atoms with Gasteiger partial charge in [-0.25, -0.2) is 23.0 Å². The zero-order valence-electron chi connectivity index (χ0n) is 30.3. The number of amides is 4. The Morgan fingerprint density at radius 1 is 1.00 bits per heavy atom. The van der Waals surface area contributed by atoms with Gasteiger partial charge in [0.25, 0.3) is 0 Å². The summed E-state index contributed by atoms with van der Waals surface area (Å²) in [5, 5.41) is 24.8. The Hall–Kier alpha value is -4.45. The minimum Gasteiger partial charge on any atom is -0.453 e. The van der Waals surface area contributed by atoms with Crippen LogP contribution in [0, 0.1) is 16.7 Å². The number of anilines is 1. The lowest BCUT2D eigenvalue weighted by molar-refractivity contribution is -0.125. The molecule has 0 fully saturated rings. The number of rotatable bonds is 19. The first-order chi connectivity index (χ1) is 24.7. The van der Waals surface area contributed by atoms with Crippen LogP contribution in [0.4, 0.5) is 14.7 Å². The predicted octanol–water partition coefficient (Wildman–Crippen LogP) is 4.58. The number of methoxy groups -OCH3 is 1. The second kappa shape index (κ2) is 20.0. The van der Waals surface area contributed by atoms with Gasteiger partial charge in [-0.2, -0.15) is 9.21 Å². The van der Waals surface area contributed by atoms with Crippen molar-refractivity contribution in [1.29, 1.82) is 0 Å². The van der Waals surface area contributed by atoms with E-state index in [1.54, 1.807) is 12.4 Å². The smallest absolute Gasteiger partial charge is 0.413 e. The van der Waals surface area contributed by atoms with Crippen LogP contribution in [0.15, 0.2) is 70.0 Å². The summed E-state index contributed by atoms with van der Waals surface area (Å²) < 4.78 is 33.5. The van der Waals surface area contributed by atoms with E-state index in [0.717, 1.165) is 5.56 Å². The lowest BCUT2D eigenvalue weighted by Gasteiger charge is -2.33. The number of aliphatic hydroxyl groups is 1. The molecule has 0 aliphatic carbocycles. The third kappa shape index (κ3) is 12.4. The van der Waals surface area contributed by atoms with Crippen molar-refractivity contribution in [2.45, 2.75) is 76.7 Å². The predicted molar refractivity (Wildman–Crippen MR) is 199 cm³/mol. The first-order valence-corrected chi connectivity index (χ1v) is 19.2. The maximum absolute atomic E-state index is 14.0. The maximum atomic E-state index is 14.0. The number of carbonyl (C=O) groups is 3. The van der Waals surface area contributed by atoms with E-state index >= 15 is 0 Å². The SMILES string of the molecule is CC[C@H](C)[C@H](NC(=O)N(C)Cc1csc(NC(=O)OC)n1)C(=O)N[C@@H](Cc1ccccc1)[C@H](O)CN(CC(C)C)S(=O)(=O)c1ccc(CN=O)cc1. The fourth-order valence-corrected chi connectivity index (χ4v) is 7.57. The third-order valence-electron chi connectivity index (χ3n) is 8.32. The number of aliphatic hydroxyl groups excluding tert-OH is 1. The van der Waals surface area contributed by atoms with E-state index in [2.05, 4.69) is 30.8 Å². The summed E-state index contributed by atoms with van der Waals surface area (Å²) in [4.78, 5) is 55.2. The number of nitroso groups, excluding NO2 is 1. The van der Waals surface area contributed by atoms with Gasteiger partial charge in [0.15, 0.2) is 5.13 Å². The first-order valence-electron chi connectivity index (χ1n) is 16.9. The summed E-state index contributed by atoms with van der Waals surface area (Å²) in [5.74, 6) is -0.936. The molecule has 3 aromatic rings. The van der Waals surface area contributed by atoms with Crippen LogP contribution in [0.5, 0.6) is 0 Å². The van der Waals surface area contributed by atoms with Crippen molar-refractivity contribution in [1.82, 2.24) is 24.8 Å². The lowest BCUT2D eigenvalue weighted by atomic mass is 9.96. The summed E-state index contributed by atoms with van der Waals surface area (Å²) in [7, 11) is -1.31. The monoisotopic (exact) mass is 759 g/mol. The Morgan fingerprint density at radius 2 is 1.67 bits per heavy atom. The highest BCUT2D eigenvalue weighted by atomic mass is 32.2. The normalized spacial score (nSPS) is 13.9. The highest BCUT2D eigenvalue weighted by Gasteiger charge is 2.34. The lowest BCUT2D eigenvalue weighted by Crippen LogP contribution is -2.58. The summed E-state index contributed by atoms with van der Waals surface area (Å²) in [5.41, 5.74) is 1.88. The molecule has 0 spiro atoms. The van der Waals surface area contributed by atoms with Gasteiger partial charge in [0.05, 0.1) is 36.4 Å². The standard InChI is InChI=1S/C35H49N7O8S2/c1-7-24(4)31(39-34(45)41(5)20-27-22-51-33(37-27)40-35(46)50-6)32(44)38-29(17-25-11-9-8-10-12-25)30(43)21-42(19-23(2)3)52(48,49)28-15-13-26(14-16-28)18-36-47/h8-16,22-24,29-31,43H,7,17-21H2,1-6H3,(H,38,44)(H,39,45)(H,37,40,46)/t24-,29-,30+,31-/m0/s1. The molecule has 2 aromatic carbocycles. The Labute approximate surface area is 309 Å². The van der Waals surface area contributed by atoms with Crippen molar-refractivity contribution in [3.05, 3.63) is 81.7 Å². The van der Waals surface area contributed by atoms with Crippen LogP contribution in [0.2, 0.25) is 0 Å². The Bertz CT molecular complexity index is 1720. The summed E-state index contributed by atoms with van der Waals surface area (Å²) in [6.45, 7) is 7.21. The zero-order chi connectivity index (χ0) is 38.4. The third-order valence-corrected chi connectivity index (χ3v) is 11.0. The Kier molecular flexibility index (Phi) is 16.1. The number of thiazole rings is 1. The van der Waals surface area contributed by atoms with Gasteiger partial charge < -0.3 is 25.4 Å². The van der Waals surface area contributed by atoms with Gasteiger partial charge in [0, 0.05) is 25.5 Å². The fourth-order valence-electron chi connectivity index (χ4n) is 5.26. The van der Waals surface area contributed by atoms with Crippen molar-refractivity contribution in [3.8, 4) is 0 Å². The molecule has 0 radical (unpaired) electrons. The number of aromatic nitrogens is 1. The largest absolute Gasteiger partial charge is 0.453 e. The quantitative estimate of drug-likeness (QED) is 0.126. The molecule has 0 unspecified atom stereocenters. The molecule has 4 atom stereocenters. The highest BCUT2D eigenvalue weighted by molar-refractivity contribution is 7.89. The minimum absolute atomic E-state index is 0.00378.